The van der Waals surface area contributed by atoms with Crippen LogP contribution in [0, 0.1) is 0 Å². The normalized spacial score (nSPS) is 11.5. The number of carbonyl (C=O) groups excluding carboxylic acids is 1. The van der Waals surface area contributed by atoms with Crippen molar-refractivity contribution in [2.75, 3.05) is 5.43 Å². The van der Waals surface area contributed by atoms with Crippen LogP contribution in [0.25, 0.3) is 27.8 Å². The van der Waals surface area contributed by atoms with Crippen molar-refractivity contribution in [1.29, 1.82) is 0 Å². The molecule has 1 amide bonds. The van der Waals surface area contributed by atoms with Crippen molar-refractivity contribution in [1.82, 2.24) is 20.0 Å². The van der Waals surface area contributed by atoms with Crippen molar-refractivity contribution in [2.24, 2.45) is 0 Å². The van der Waals surface area contributed by atoms with Crippen LogP contribution in [-0.2, 0) is 4.79 Å². The highest BCUT2D eigenvalue weighted by molar-refractivity contribution is 6.35. The monoisotopic (exact) mass is 445 g/mol. The van der Waals surface area contributed by atoms with Gasteiger partial charge in [-0.25, -0.2) is 9.97 Å². The van der Waals surface area contributed by atoms with Crippen LogP contribution < -0.4 is 10.9 Å². The lowest BCUT2D eigenvalue weighted by Gasteiger charge is -2.13. The van der Waals surface area contributed by atoms with E-state index in [1.54, 1.807) is 12.3 Å². The lowest BCUT2D eigenvalue weighted by Crippen LogP contribution is -2.33. The van der Waals surface area contributed by atoms with Crippen LogP contribution in [0.4, 0.5) is 19.0 Å². The Morgan fingerprint density at radius 1 is 1.06 bits per heavy atom. The molecular formula is C21H15ClF3N5O. The highest BCUT2D eigenvalue weighted by Crippen LogP contribution is 2.34. The first-order valence-corrected chi connectivity index (χ1v) is 9.48. The third-order valence-corrected chi connectivity index (χ3v) is 4.85. The van der Waals surface area contributed by atoms with Crippen LogP contribution in [0.1, 0.15) is 6.42 Å². The van der Waals surface area contributed by atoms with Gasteiger partial charge in [0.15, 0.2) is 5.82 Å². The van der Waals surface area contributed by atoms with Crippen LogP contribution in [0.3, 0.4) is 0 Å². The number of halogens is 4. The van der Waals surface area contributed by atoms with Gasteiger partial charge in [0.2, 0.25) is 5.91 Å². The number of carbonyl (C=O) groups is 1. The average Bonchev–Trinajstić information content (AvgIpc) is 3.15. The first-order chi connectivity index (χ1) is 14.8. The van der Waals surface area contributed by atoms with E-state index >= 15 is 0 Å². The maximum atomic E-state index is 12.3. The van der Waals surface area contributed by atoms with Crippen molar-refractivity contribution >= 4 is 34.2 Å². The molecule has 1 aromatic carbocycles. The zero-order valence-electron chi connectivity index (χ0n) is 15.8. The number of amides is 1. The van der Waals surface area contributed by atoms with E-state index in [0.29, 0.717) is 5.56 Å². The summed E-state index contributed by atoms with van der Waals surface area (Å²) in [7, 11) is 0. The summed E-state index contributed by atoms with van der Waals surface area (Å²) in [5.41, 5.74) is 6.65. The number of fused-ring (bicyclic) bond motifs is 1. The number of alkyl halides is 3. The molecule has 0 saturated heterocycles. The molecule has 0 atom stereocenters. The lowest BCUT2D eigenvalue weighted by atomic mass is 10.0. The predicted octanol–water partition coefficient (Wildman–Crippen LogP) is 5.14. The summed E-state index contributed by atoms with van der Waals surface area (Å²) in [4.78, 5) is 19.7. The van der Waals surface area contributed by atoms with Gasteiger partial charge in [-0.05, 0) is 42.0 Å². The van der Waals surface area contributed by atoms with Crippen molar-refractivity contribution in [3.05, 3.63) is 72.1 Å². The first-order valence-electron chi connectivity index (χ1n) is 9.11. The average molecular weight is 446 g/mol. The molecular weight excluding hydrogens is 431 g/mol. The van der Waals surface area contributed by atoms with Crippen LogP contribution in [0.2, 0.25) is 5.02 Å². The van der Waals surface area contributed by atoms with Crippen LogP contribution in [0.15, 0.2) is 67.1 Å². The van der Waals surface area contributed by atoms with Gasteiger partial charge in [-0.2, -0.15) is 13.2 Å². The molecule has 0 radical (unpaired) electrons. The van der Waals surface area contributed by atoms with E-state index in [9.17, 15) is 18.0 Å². The maximum Gasteiger partial charge on any atom is 0.397 e. The molecule has 0 bridgehead atoms. The summed E-state index contributed by atoms with van der Waals surface area (Å²) in [5, 5.41) is 1.11. The highest BCUT2D eigenvalue weighted by Gasteiger charge is 2.31. The number of benzene rings is 1. The number of aromatic nitrogens is 3. The van der Waals surface area contributed by atoms with Gasteiger partial charge in [-0.1, -0.05) is 23.7 Å². The quantitative estimate of drug-likeness (QED) is 0.417. The number of pyridine rings is 2. The molecule has 0 aliphatic rings. The van der Waals surface area contributed by atoms with E-state index in [2.05, 4.69) is 15.4 Å². The van der Waals surface area contributed by atoms with Crippen LogP contribution >= 0.6 is 11.6 Å². The van der Waals surface area contributed by atoms with Crippen molar-refractivity contribution in [3.8, 4) is 16.9 Å². The topological polar surface area (TPSA) is 71.8 Å². The van der Waals surface area contributed by atoms with Crippen molar-refractivity contribution < 1.29 is 18.0 Å². The summed E-state index contributed by atoms with van der Waals surface area (Å²) in [6.45, 7) is 0. The molecule has 158 valence electrons. The number of nitrogens with zero attached hydrogens (tertiary/aromatic N) is 3. The molecule has 4 aromatic rings. The fourth-order valence-corrected chi connectivity index (χ4v) is 3.38. The molecule has 0 aliphatic heterocycles. The van der Waals surface area contributed by atoms with Crippen LogP contribution in [-0.4, -0.2) is 26.6 Å². The summed E-state index contributed by atoms with van der Waals surface area (Å²) in [6.07, 6.45) is -1.14. The Morgan fingerprint density at radius 3 is 2.65 bits per heavy atom. The number of rotatable bonds is 5. The molecule has 0 aliphatic carbocycles. The SMILES string of the molecule is O=C(CC(F)(F)F)NNc1nccc(-c2ccc3c(ccn3-c3ccccn3)c2)c1Cl. The Bertz CT molecular complexity index is 1240. The summed E-state index contributed by atoms with van der Waals surface area (Å²) in [5.74, 6) is -0.415. The number of anilines is 1. The summed E-state index contributed by atoms with van der Waals surface area (Å²) >= 11 is 6.40. The minimum atomic E-state index is -4.61. The Labute approximate surface area is 179 Å². The van der Waals surface area contributed by atoms with E-state index in [4.69, 9.17) is 11.6 Å². The Kier molecular flexibility index (Phi) is 5.51. The standard InChI is InChI=1S/C21H15ClF3N5O/c22-19-15(6-9-27-20(19)29-28-18(31)12-21(23,24)25)13-4-5-16-14(11-13)7-10-30(16)17-3-1-2-8-26-17/h1-11H,12H2,(H,27,29)(H,28,31). The van der Waals surface area contributed by atoms with E-state index in [-0.39, 0.29) is 10.8 Å². The second kappa shape index (κ2) is 8.27. The van der Waals surface area contributed by atoms with Gasteiger partial charge in [-0.15, -0.1) is 0 Å². The van der Waals surface area contributed by atoms with E-state index in [0.717, 1.165) is 22.3 Å². The smallest absolute Gasteiger partial charge is 0.301 e. The number of hydrogen-bond acceptors (Lipinski definition) is 4. The third kappa shape index (κ3) is 4.61. The fourth-order valence-electron chi connectivity index (χ4n) is 3.12. The van der Waals surface area contributed by atoms with Gasteiger partial charge in [0.25, 0.3) is 0 Å². The molecule has 3 heterocycles. The third-order valence-electron chi connectivity index (χ3n) is 4.47. The van der Waals surface area contributed by atoms with Gasteiger partial charge in [0.1, 0.15) is 12.2 Å². The summed E-state index contributed by atoms with van der Waals surface area (Å²) < 4.78 is 38.9. The number of nitrogens with one attached hydrogen (secondary N) is 2. The Balaban J connectivity index is 1.60. The maximum absolute atomic E-state index is 12.3. The second-order valence-electron chi connectivity index (χ2n) is 6.63. The number of hydrazine groups is 1. The minimum absolute atomic E-state index is 0.0424. The second-order valence-corrected chi connectivity index (χ2v) is 7.01. The molecule has 4 rings (SSSR count). The fraction of sp³-hybridized carbons (Fsp3) is 0.0952. The molecule has 3 aromatic heterocycles. The number of hydrogen-bond donors (Lipinski definition) is 2. The predicted molar refractivity (Wildman–Crippen MR) is 112 cm³/mol. The molecule has 0 unspecified atom stereocenters. The summed E-state index contributed by atoms with van der Waals surface area (Å²) in [6, 6.07) is 15.0. The molecule has 6 nitrogen and oxygen atoms in total. The Hall–Kier alpha value is -3.59. The largest absolute Gasteiger partial charge is 0.397 e. The molecule has 0 saturated carbocycles. The minimum Gasteiger partial charge on any atom is -0.301 e. The molecule has 0 fully saturated rings. The van der Waals surface area contributed by atoms with Crippen molar-refractivity contribution in [2.45, 2.75) is 12.6 Å². The van der Waals surface area contributed by atoms with E-state index in [1.165, 1.54) is 6.20 Å². The van der Waals surface area contributed by atoms with Crippen LogP contribution in [0.5, 0.6) is 0 Å². The lowest BCUT2D eigenvalue weighted by molar-refractivity contribution is -0.153. The van der Waals surface area contributed by atoms with Gasteiger partial charge in [-0.3, -0.25) is 15.6 Å². The zero-order valence-corrected chi connectivity index (χ0v) is 16.6. The Morgan fingerprint density at radius 2 is 1.90 bits per heavy atom. The van der Waals surface area contributed by atoms with Crippen molar-refractivity contribution in [3.63, 3.8) is 0 Å². The van der Waals surface area contributed by atoms with Gasteiger partial charge < -0.3 is 4.57 Å². The van der Waals surface area contributed by atoms with Gasteiger partial charge >= 0.3 is 6.18 Å². The van der Waals surface area contributed by atoms with E-state index < -0.39 is 18.5 Å². The molecule has 10 heteroatoms. The molecule has 0 spiro atoms. The van der Waals surface area contributed by atoms with E-state index in [1.807, 2.05) is 58.7 Å². The highest BCUT2D eigenvalue weighted by atomic mass is 35.5. The molecule has 2 N–H and O–H groups in total. The first kappa shape index (κ1) is 20.7. The molecule has 31 heavy (non-hydrogen) atoms. The zero-order chi connectivity index (χ0) is 22.0. The van der Waals surface area contributed by atoms with Gasteiger partial charge in [0.05, 0.1) is 10.5 Å². The van der Waals surface area contributed by atoms with Gasteiger partial charge in [0, 0.05) is 29.5 Å².